The number of hydrogen-bond acceptors (Lipinski definition) is 4. The molecule has 0 bridgehead atoms. The fraction of sp³-hybridized carbons (Fsp3) is 0.286. The maximum absolute atomic E-state index is 13.0. The third kappa shape index (κ3) is 4.55. The van der Waals surface area contributed by atoms with E-state index in [-0.39, 0.29) is 18.5 Å². The number of amides is 1. The van der Waals surface area contributed by atoms with Crippen LogP contribution >= 0.6 is 11.6 Å². The van der Waals surface area contributed by atoms with Crippen LogP contribution in [0.25, 0.3) is 11.5 Å². The first-order chi connectivity index (χ1) is 12.8. The minimum atomic E-state index is -0.0527. The lowest BCUT2D eigenvalue weighted by Crippen LogP contribution is -2.36. The summed E-state index contributed by atoms with van der Waals surface area (Å²) in [4.78, 5) is 14.8. The molecule has 6 heteroatoms. The molecule has 5 nitrogen and oxygen atoms in total. The zero-order chi connectivity index (χ0) is 19.6. The number of rotatable bonds is 5. The van der Waals surface area contributed by atoms with Crippen molar-refractivity contribution in [1.29, 1.82) is 0 Å². The maximum atomic E-state index is 13.0. The number of aryl methyl sites for hydroxylation is 2. The second-order valence-electron chi connectivity index (χ2n) is 6.91. The molecule has 0 unspecified atom stereocenters. The van der Waals surface area contributed by atoms with Crippen LogP contribution in [0.1, 0.15) is 41.2 Å². The SMILES string of the molecule is Cc1cc(C)cc(C(=O)N(Cc2nnc(-c3ccc(Cl)cc3)o2)C(C)C)c1. The number of benzene rings is 2. The van der Waals surface area contributed by atoms with Gasteiger partial charge in [-0.15, -0.1) is 10.2 Å². The first kappa shape index (κ1) is 19.1. The Morgan fingerprint density at radius 3 is 2.30 bits per heavy atom. The zero-order valence-corrected chi connectivity index (χ0v) is 16.6. The molecule has 1 heterocycles. The van der Waals surface area contributed by atoms with Crippen LogP contribution < -0.4 is 0 Å². The van der Waals surface area contributed by atoms with E-state index in [4.69, 9.17) is 16.0 Å². The Balaban J connectivity index is 1.82. The number of carbonyl (C=O) groups excluding carboxylic acids is 1. The fourth-order valence-corrected chi connectivity index (χ4v) is 3.05. The van der Waals surface area contributed by atoms with Crippen LogP contribution in [0.5, 0.6) is 0 Å². The van der Waals surface area contributed by atoms with Gasteiger partial charge in [-0.2, -0.15) is 0 Å². The number of halogens is 1. The molecule has 1 amide bonds. The van der Waals surface area contributed by atoms with Crippen molar-refractivity contribution in [2.45, 2.75) is 40.3 Å². The Bertz CT molecular complexity index is 928. The molecule has 3 rings (SSSR count). The molecule has 27 heavy (non-hydrogen) atoms. The third-order valence-electron chi connectivity index (χ3n) is 4.22. The molecule has 3 aromatic rings. The van der Waals surface area contributed by atoms with Crippen molar-refractivity contribution in [2.75, 3.05) is 0 Å². The third-order valence-corrected chi connectivity index (χ3v) is 4.47. The van der Waals surface area contributed by atoms with Gasteiger partial charge >= 0.3 is 0 Å². The van der Waals surface area contributed by atoms with Crippen LogP contribution in [0.4, 0.5) is 0 Å². The van der Waals surface area contributed by atoms with Gasteiger partial charge in [0.1, 0.15) is 0 Å². The summed E-state index contributed by atoms with van der Waals surface area (Å²) in [6.45, 7) is 8.16. The quantitative estimate of drug-likeness (QED) is 0.618. The fourth-order valence-electron chi connectivity index (χ4n) is 2.93. The molecule has 140 valence electrons. The lowest BCUT2D eigenvalue weighted by atomic mass is 10.1. The molecule has 0 aliphatic carbocycles. The smallest absolute Gasteiger partial charge is 0.254 e. The van der Waals surface area contributed by atoms with Gasteiger partial charge in [-0.1, -0.05) is 28.8 Å². The highest BCUT2D eigenvalue weighted by Crippen LogP contribution is 2.22. The van der Waals surface area contributed by atoms with Gasteiger partial charge in [-0.05, 0) is 64.1 Å². The Morgan fingerprint density at radius 1 is 1.07 bits per heavy atom. The van der Waals surface area contributed by atoms with E-state index in [0.717, 1.165) is 16.7 Å². The summed E-state index contributed by atoms with van der Waals surface area (Å²) < 4.78 is 5.76. The van der Waals surface area contributed by atoms with E-state index >= 15 is 0 Å². The van der Waals surface area contributed by atoms with Crippen molar-refractivity contribution in [3.05, 3.63) is 70.1 Å². The second kappa shape index (κ2) is 7.92. The highest BCUT2D eigenvalue weighted by atomic mass is 35.5. The van der Waals surface area contributed by atoms with Crippen LogP contribution in [-0.2, 0) is 6.54 Å². The summed E-state index contributed by atoms with van der Waals surface area (Å²) in [7, 11) is 0. The average Bonchev–Trinajstić information content (AvgIpc) is 3.07. The largest absolute Gasteiger partial charge is 0.419 e. The number of hydrogen-bond donors (Lipinski definition) is 0. The first-order valence-corrected chi connectivity index (χ1v) is 9.19. The van der Waals surface area contributed by atoms with E-state index in [0.29, 0.717) is 22.4 Å². The second-order valence-corrected chi connectivity index (χ2v) is 7.35. The van der Waals surface area contributed by atoms with Gasteiger partial charge in [0.05, 0.1) is 6.54 Å². The summed E-state index contributed by atoms with van der Waals surface area (Å²) in [5.41, 5.74) is 3.57. The van der Waals surface area contributed by atoms with Gasteiger partial charge in [0, 0.05) is 22.2 Å². The lowest BCUT2D eigenvalue weighted by molar-refractivity contribution is 0.0672. The Morgan fingerprint density at radius 2 is 1.70 bits per heavy atom. The predicted molar refractivity (Wildman–Crippen MR) is 106 cm³/mol. The van der Waals surface area contributed by atoms with Crippen LogP contribution in [-0.4, -0.2) is 27.0 Å². The highest BCUT2D eigenvalue weighted by molar-refractivity contribution is 6.30. The standard InChI is InChI=1S/C21H22ClN3O2/c1-13(2)25(21(26)17-10-14(3)9-15(4)11-17)12-19-23-24-20(27-19)16-5-7-18(22)8-6-16/h5-11,13H,12H2,1-4H3. The molecule has 0 atom stereocenters. The van der Waals surface area contributed by atoms with Gasteiger partial charge in [0.25, 0.3) is 5.91 Å². The van der Waals surface area contributed by atoms with Crippen molar-refractivity contribution in [2.24, 2.45) is 0 Å². The summed E-state index contributed by atoms with van der Waals surface area (Å²) in [6, 6.07) is 13.0. The van der Waals surface area contributed by atoms with Gasteiger partial charge in [-0.3, -0.25) is 4.79 Å². The van der Waals surface area contributed by atoms with Crippen molar-refractivity contribution >= 4 is 17.5 Å². The van der Waals surface area contributed by atoms with E-state index < -0.39 is 0 Å². The lowest BCUT2D eigenvalue weighted by Gasteiger charge is -2.25. The van der Waals surface area contributed by atoms with Gasteiger partial charge in [0.2, 0.25) is 11.8 Å². The molecular formula is C21H22ClN3O2. The number of aromatic nitrogens is 2. The van der Waals surface area contributed by atoms with Gasteiger partial charge in [-0.25, -0.2) is 0 Å². The van der Waals surface area contributed by atoms with E-state index in [2.05, 4.69) is 10.2 Å². The van der Waals surface area contributed by atoms with E-state index in [1.165, 1.54) is 0 Å². The van der Waals surface area contributed by atoms with Crippen LogP contribution in [0.2, 0.25) is 5.02 Å². The molecule has 0 N–H and O–H groups in total. The van der Waals surface area contributed by atoms with Crippen molar-refractivity contribution < 1.29 is 9.21 Å². The van der Waals surface area contributed by atoms with Gasteiger partial charge in [0.15, 0.2) is 0 Å². The Kier molecular flexibility index (Phi) is 5.61. The molecular weight excluding hydrogens is 362 g/mol. The molecule has 0 aliphatic rings. The van der Waals surface area contributed by atoms with Gasteiger partial charge < -0.3 is 9.32 Å². The minimum Gasteiger partial charge on any atom is -0.419 e. The van der Waals surface area contributed by atoms with E-state index in [1.54, 1.807) is 17.0 Å². The van der Waals surface area contributed by atoms with E-state index in [9.17, 15) is 4.79 Å². The topological polar surface area (TPSA) is 59.2 Å². The van der Waals surface area contributed by atoms with Crippen molar-refractivity contribution in [3.8, 4) is 11.5 Å². The Hall–Kier alpha value is -2.66. The van der Waals surface area contributed by atoms with Crippen molar-refractivity contribution in [1.82, 2.24) is 15.1 Å². The molecule has 0 saturated heterocycles. The van der Waals surface area contributed by atoms with Crippen LogP contribution in [0, 0.1) is 13.8 Å². The zero-order valence-electron chi connectivity index (χ0n) is 15.9. The molecule has 0 radical (unpaired) electrons. The van der Waals surface area contributed by atoms with Crippen LogP contribution in [0.15, 0.2) is 46.9 Å². The molecule has 0 fully saturated rings. The van der Waals surface area contributed by atoms with Crippen molar-refractivity contribution in [3.63, 3.8) is 0 Å². The summed E-state index contributed by atoms with van der Waals surface area (Å²) in [5, 5.41) is 8.84. The molecule has 0 spiro atoms. The van der Waals surface area contributed by atoms with E-state index in [1.807, 2.05) is 58.0 Å². The molecule has 0 aliphatic heterocycles. The Labute approximate surface area is 164 Å². The minimum absolute atomic E-state index is 0.01000. The molecule has 2 aromatic carbocycles. The summed E-state index contributed by atoms with van der Waals surface area (Å²) in [5.74, 6) is 0.749. The van der Waals surface area contributed by atoms with Crippen LogP contribution in [0.3, 0.4) is 0 Å². The number of carbonyl (C=O) groups is 1. The normalized spacial score (nSPS) is 11.0. The monoisotopic (exact) mass is 383 g/mol. The summed E-state index contributed by atoms with van der Waals surface area (Å²) >= 11 is 5.91. The number of nitrogens with zero attached hydrogens (tertiary/aromatic N) is 3. The summed E-state index contributed by atoms with van der Waals surface area (Å²) in [6.07, 6.45) is 0. The maximum Gasteiger partial charge on any atom is 0.254 e. The first-order valence-electron chi connectivity index (χ1n) is 8.81. The predicted octanol–water partition coefficient (Wildman–Crippen LogP) is 5.06. The highest BCUT2D eigenvalue weighted by Gasteiger charge is 2.22. The average molecular weight is 384 g/mol. The molecule has 0 saturated carbocycles. The molecule has 1 aromatic heterocycles.